The summed E-state index contributed by atoms with van der Waals surface area (Å²) in [6, 6.07) is 13.6. The zero-order chi connectivity index (χ0) is 14.1. The molecule has 1 heterocycles. The number of benzene rings is 2. The SMILES string of the molecule is CNCc1cc(-c2cc3cccc(Cl)c3o2)ccc1Cl. The molecule has 0 radical (unpaired) electrons. The number of hydrogen-bond acceptors (Lipinski definition) is 2. The molecular formula is C16H13Cl2NO. The Morgan fingerprint density at radius 2 is 1.90 bits per heavy atom. The highest BCUT2D eigenvalue weighted by Gasteiger charge is 2.10. The zero-order valence-electron chi connectivity index (χ0n) is 10.9. The lowest BCUT2D eigenvalue weighted by molar-refractivity contribution is 0.631. The minimum Gasteiger partial charge on any atom is -0.455 e. The van der Waals surface area contributed by atoms with Crippen molar-refractivity contribution in [3.05, 3.63) is 58.1 Å². The molecule has 102 valence electrons. The van der Waals surface area contributed by atoms with E-state index in [4.69, 9.17) is 27.6 Å². The molecule has 0 fully saturated rings. The van der Waals surface area contributed by atoms with Gasteiger partial charge in [0.15, 0.2) is 5.58 Å². The van der Waals surface area contributed by atoms with Gasteiger partial charge in [0, 0.05) is 22.5 Å². The van der Waals surface area contributed by atoms with E-state index in [2.05, 4.69) is 5.32 Å². The lowest BCUT2D eigenvalue weighted by Crippen LogP contribution is -2.05. The van der Waals surface area contributed by atoms with Gasteiger partial charge in [-0.05, 0) is 42.9 Å². The van der Waals surface area contributed by atoms with Crippen LogP contribution in [0.4, 0.5) is 0 Å². The van der Waals surface area contributed by atoms with E-state index in [1.807, 2.05) is 49.5 Å². The van der Waals surface area contributed by atoms with E-state index in [1.165, 1.54) is 0 Å². The van der Waals surface area contributed by atoms with Gasteiger partial charge >= 0.3 is 0 Å². The molecule has 1 aromatic heterocycles. The first-order valence-electron chi connectivity index (χ1n) is 6.30. The molecule has 0 spiro atoms. The molecule has 0 unspecified atom stereocenters. The summed E-state index contributed by atoms with van der Waals surface area (Å²) < 4.78 is 5.86. The van der Waals surface area contributed by atoms with Crippen molar-refractivity contribution in [2.24, 2.45) is 0 Å². The first kappa shape index (κ1) is 13.5. The quantitative estimate of drug-likeness (QED) is 0.726. The van der Waals surface area contributed by atoms with Gasteiger partial charge in [-0.25, -0.2) is 0 Å². The molecule has 3 rings (SSSR count). The Balaban J connectivity index is 2.11. The Kier molecular flexibility index (Phi) is 3.70. The van der Waals surface area contributed by atoms with Crippen LogP contribution in [0.3, 0.4) is 0 Å². The summed E-state index contributed by atoms with van der Waals surface area (Å²) in [4.78, 5) is 0. The minimum absolute atomic E-state index is 0.623. The summed E-state index contributed by atoms with van der Waals surface area (Å²) in [5.41, 5.74) is 2.75. The van der Waals surface area contributed by atoms with Crippen LogP contribution in [-0.2, 0) is 6.54 Å². The molecule has 2 nitrogen and oxygen atoms in total. The Morgan fingerprint density at radius 1 is 1.05 bits per heavy atom. The second-order valence-corrected chi connectivity index (χ2v) is 5.42. The summed E-state index contributed by atoms with van der Waals surface area (Å²) >= 11 is 12.3. The van der Waals surface area contributed by atoms with E-state index in [0.717, 1.165) is 27.3 Å². The van der Waals surface area contributed by atoms with Crippen molar-refractivity contribution in [2.45, 2.75) is 6.54 Å². The van der Waals surface area contributed by atoms with Crippen LogP contribution in [0.1, 0.15) is 5.56 Å². The van der Waals surface area contributed by atoms with Gasteiger partial charge in [0.25, 0.3) is 0 Å². The molecular weight excluding hydrogens is 293 g/mol. The Morgan fingerprint density at radius 3 is 2.65 bits per heavy atom. The van der Waals surface area contributed by atoms with Crippen molar-refractivity contribution in [1.82, 2.24) is 5.32 Å². The average molecular weight is 306 g/mol. The van der Waals surface area contributed by atoms with Crippen molar-refractivity contribution < 1.29 is 4.42 Å². The molecule has 20 heavy (non-hydrogen) atoms. The predicted molar refractivity (Wildman–Crippen MR) is 84.4 cm³/mol. The number of nitrogens with one attached hydrogen (secondary N) is 1. The Hall–Kier alpha value is -1.48. The third-order valence-electron chi connectivity index (χ3n) is 3.19. The number of halogens is 2. The molecule has 0 aliphatic heterocycles. The average Bonchev–Trinajstić information content (AvgIpc) is 2.87. The Bertz CT molecular complexity index is 764. The van der Waals surface area contributed by atoms with Crippen LogP contribution in [0, 0.1) is 0 Å². The fourth-order valence-electron chi connectivity index (χ4n) is 2.22. The maximum Gasteiger partial charge on any atom is 0.153 e. The van der Waals surface area contributed by atoms with Crippen molar-refractivity contribution in [1.29, 1.82) is 0 Å². The lowest BCUT2D eigenvalue weighted by atomic mass is 10.1. The van der Waals surface area contributed by atoms with Gasteiger partial charge in [0.05, 0.1) is 5.02 Å². The molecule has 0 aliphatic carbocycles. The monoisotopic (exact) mass is 305 g/mol. The van der Waals surface area contributed by atoms with Crippen LogP contribution in [0.2, 0.25) is 10.0 Å². The second kappa shape index (κ2) is 5.49. The molecule has 0 aliphatic rings. The van der Waals surface area contributed by atoms with Gasteiger partial charge in [0.1, 0.15) is 5.76 Å². The smallest absolute Gasteiger partial charge is 0.153 e. The predicted octanol–water partition coefficient (Wildman–Crippen LogP) is 5.13. The van der Waals surface area contributed by atoms with Gasteiger partial charge in [-0.1, -0.05) is 35.3 Å². The highest BCUT2D eigenvalue weighted by molar-refractivity contribution is 6.34. The van der Waals surface area contributed by atoms with Crippen LogP contribution < -0.4 is 5.32 Å². The first-order chi connectivity index (χ1) is 9.69. The number of hydrogen-bond donors (Lipinski definition) is 1. The summed E-state index contributed by atoms with van der Waals surface area (Å²) in [7, 11) is 1.89. The van der Waals surface area contributed by atoms with E-state index in [9.17, 15) is 0 Å². The maximum atomic E-state index is 6.17. The Labute approximate surface area is 127 Å². The van der Waals surface area contributed by atoms with E-state index >= 15 is 0 Å². The zero-order valence-corrected chi connectivity index (χ0v) is 12.4. The number of furan rings is 1. The lowest BCUT2D eigenvalue weighted by Gasteiger charge is -2.05. The van der Waals surface area contributed by atoms with Crippen molar-refractivity contribution in [3.8, 4) is 11.3 Å². The van der Waals surface area contributed by atoms with Crippen molar-refractivity contribution in [3.63, 3.8) is 0 Å². The van der Waals surface area contributed by atoms with Gasteiger partial charge in [-0.15, -0.1) is 0 Å². The van der Waals surface area contributed by atoms with Crippen LogP contribution in [0.5, 0.6) is 0 Å². The standard InChI is InChI=1S/C16H13Cl2NO/c1-19-9-12-7-10(5-6-13(12)17)15-8-11-3-2-4-14(18)16(11)20-15/h2-8,19H,9H2,1H3. The highest BCUT2D eigenvalue weighted by atomic mass is 35.5. The molecule has 4 heteroatoms. The second-order valence-electron chi connectivity index (χ2n) is 4.61. The van der Waals surface area contributed by atoms with E-state index in [-0.39, 0.29) is 0 Å². The summed E-state index contributed by atoms with van der Waals surface area (Å²) in [6.07, 6.45) is 0. The highest BCUT2D eigenvalue weighted by Crippen LogP contribution is 2.33. The third-order valence-corrected chi connectivity index (χ3v) is 3.86. The third kappa shape index (κ3) is 2.42. The van der Waals surface area contributed by atoms with Crippen molar-refractivity contribution >= 4 is 34.2 Å². The summed E-state index contributed by atoms with van der Waals surface area (Å²) in [5.74, 6) is 0.794. The molecule has 0 saturated heterocycles. The topological polar surface area (TPSA) is 25.2 Å². The van der Waals surface area contributed by atoms with Gasteiger partial charge in [-0.3, -0.25) is 0 Å². The molecule has 2 aromatic carbocycles. The van der Waals surface area contributed by atoms with Gasteiger partial charge in [0.2, 0.25) is 0 Å². The van der Waals surface area contributed by atoms with E-state index in [1.54, 1.807) is 0 Å². The normalized spacial score (nSPS) is 11.2. The molecule has 0 saturated carbocycles. The molecule has 1 N–H and O–H groups in total. The number of fused-ring (bicyclic) bond motifs is 1. The number of para-hydroxylation sites is 1. The maximum absolute atomic E-state index is 6.17. The number of rotatable bonds is 3. The van der Waals surface area contributed by atoms with Crippen molar-refractivity contribution in [2.75, 3.05) is 7.05 Å². The van der Waals surface area contributed by atoms with Gasteiger partial charge < -0.3 is 9.73 Å². The van der Waals surface area contributed by atoms with Crippen LogP contribution in [-0.4, -0.2) is 7.05 Å². The minimum atomic E-state index is 0.623. The van der Waals surface area contributed by atoms with Crippen LogP contribution in [0.25, 0.3) is 22.3 Å². The van der Waals surface area contributed by atoms with E-state index in [0.29, 0.717) is 17.2 Å². The summed E-state index contributed by atoms with van der Waals surface area (Å²) in [5, 5.41) is 5.47. The summed E-state index contributed by atoms with van der Waals surface area (Å²) in [6.45, 7) is 0.716. The molecule has 0 atom stereocenters. The fraction of sp³-hybridized carbons (Fsp3) is 0.125. The first-order valence-corrected chi connectivity index (χ1v) is 7.06. The fourth-order valence-corrected chi connectivity index (χ4v) is 2.63. The molecule has 0 amide bonds. The van der Waals surface area contributed by atoms with Crippen LogP contribution in [0.15, 0.2) is 46.9 Å². The largest absolute Gasteiger partial charge is 0.455 e. The van der Waals surface area contributed by atoms with Crippen LogP contribution >= 0.6 is 23.2 Å². The molecule has 0 bridgehead atoms. The molecule has 3 aromatic rings. The van der Waals surface area contributed by atoms with E-state index < -0.39 is 0 Å². The van der Waals surface area contributed by atoms with Gasteiger partial charge in [-0.2, -0.15) is 0 Å².